The Labute approximate surface area is 119 Å². The lowest BCUT2D eigenvalue weighted by molar-refractivity contribution is -0.150. The SMILES string of the molecule is CCCCCCCCCCOCC(C)OC(=O)CC. The van der Waals surface area contributed by atoms with Crippen LogP contribution < -0.4 is 0 Å². The third kappa shape index (κ3) is 13.7. The Morgan fingerprint density at radius 1 is 0.947 bits per heavy atom. The van der Waals surface area contributed by atoms with Crippen LogP contribution in [0.5, 0.6) is 0 Å². The minimum Gasteiger partial charge on any atom is -0.460 e. The second-order valence-electron chi connectivity index (χ2n) is 5.20. The Hall–Kier alpha value is -0.570. The Morgan fingerprint density at radius 3 is 2.11 bits per heavy atom. The molecule has 0 aliphatic carbocycles. The Balaban J connectivity index is 3.16. The first-order valence-corrected chi connectivity index (χ1v) is 7.97. The molecule has 0 saturated heterocycles. The van der Waals surface area contributed by atoms with Crippen LogP contribution in [0.3, 0.4) is 0 Å². The first-order valence-electron chi connectivity index (χ1n) is 7.97. The van der Waals surface area contributed by atoms with Crippen molar-refractivity contribution in [2.24, 2.45) is 0 Å². The molecule has 0 rings (SSSR count). The molecule has 0 aliphatic rings. The van der Waals surface area contributed by atoms with Gasteiger partial charge in [-0.25, -0.2) is 0 Å². The zero-order valence-corrected chi connectivity index (χ0v) is 13.1. The molecule has 3 heteroatoms. The number of unbranched alkanes of at least 4 members (excludes halogenated alkanes) is 7. The number of hydrogen-bond acceptors (Lipinski definition) is 3. The largest absolute Gasteiger partial charge is 0.460 e. The second-order valence-corrected chi connectivity index (χ2v) is 5.20. The summed E-state index contributed by atoms with van der Waals surface area (Å²) in [5, 5.41) is 0. The van der Waals surface area contributed by atoms with Crippen molar-refractivity contribution in [2.45, 2.75) is 84.7 Å². The van der Waals surface area contributed by atoms with E-state index in [-0.39, 0.29) is 12.1 Å². The zero-order chi connectivity index (χ0) is 14.3. The van der Waals surface area contributed by atoms with Crippen LogP contribution in [-0.2, 0) is 14.3 Å². The Kier molecular flexibility index (Phi) is 13.4. The quantitative estimate of drug-likeness (QED) is 0.366. The summed E-state index contributed by atoms with van der Waals surface area (Å²) in [7, 11) is 0. The molecule has 0 saturated carbocycles. The minimum atomic E-state index is -0.150. The summed E-state index contributed by atoms with van der Waals surface area (Å²) in [4.78, 5) is 11.0. The van der Waals surface area contributed by atoms with Crippen molar-refractivity contribution in [3.05, 3.63) is 0 Å². The van der Waals surface area contributed by atoms with E-state index in [1.807, 2.05) is 6.92 Å². The summed E-state index contributed by atoms with van der Waals surface area (Å²) in [5.74, 6) is -0.150. The van der Waals surface area contributed by atoms with Gasteiger partial charge >= 0.3 is 5.97 Å². The van der Waals surface area contributed by atoms with Gasteiger partial charge in [-0.05, 0) is 13.3 Å². The molecule has 3 nitrogen and oxygen atoms in total. The van der Waals surface area contributed by atoms with Crippen molar-refractivity contribution in [2.75, 3.05) is 13.2 Å². The monoisotopic (exact) mass is 272 g/mol. The number of ether oxygens (including phenoxy) is 2. The molecule has 0 radical (unpaired) electrons. The molecular weight excluding hydrogens is 240 g/mol. The normalized spacial score (nSPS) is 12.4. The van der Waals surface area contributed by atoms with Gasteiger partial charge in [0.15, 0.2) is 0 Å². The summed E-state index contributed by atoms with van der Waals surface area (Å²) in [6, 6.07) is 0. The van der Waals surface area contributed by atoms with Gasteiger partial charge in [0, 0.05) is 13.0 Å². The Morgan fingerprint density at radius 2 is 1.53 bits per heavy atom. The van der Waals surface area contributed by atoms with Crippen molar-refractivity contribution in [3.63, 3.8) is 0 Å². The fraction of sp³-hybridized carbons (Fsp3) is 0.938. The van der Waals surface area contributed by atoms with Gasteiger partial charge in [-0.2, -0.15) is 0 Å². The van der Waals surface area contributed by atoms with Crippen molar-refractivity contribution >= 4 is 5.97 Å². The summed E-state index contributed by atoms with van der Waals surface area (Å²) < 4.78 is 10.6. The highest BCUT2D eigenvalue weighted by Gasteiger charge is 2.06. The van der Waals surface area contributed by atoms with Crippen LogP contribution >= 0.6 is 0 Å². The highest BCUT2D eigenvalue weighted by molar-refractivity contribution is 5.69. The van der Waals surface area contributed by atoms with Crippen LogP contribution in [0.15, 0.2) is 0 Å². The lowest BCUT2D eigenvalue weighted by Gasteiger charge is -2.12. The smallest absolute Gasteiger partial charge is 0.305 e. The van der Waals surface area contributed by atoms with Crippen LogP contribution in [0.2, 0.25) is 0 Å². The summed E-state index contributed by atoms with van der Waals surface area (Å²) in [6.07, 6.45) is 10.8. The van der Waals surface area contributed by atoms with E-state index in [1.165, 1.54) is 44.9 Å². The van der Waals surface area contributed by atoms with E-state index in [4.69, 9.17) is 9.47 Å². The molecule has 1 unspecified atom stereocenters. The molecule has 0 N–H and O–H groups in total. The van der Waals surface area contributed by atoms with Crippen LogP contribution in [0.1, 0.15) is 78.6 Å². The molecule has 1 atom stereocenters. The van der Waals surface area contributed by atoms with E-state index in [0.717, 1.165) is 13.0 Å². The van der Waals surface area contributed by atoms with Gasteiger partial charge in [-0.3, -0.25) is 4.79 Å². The molecule has 0 aromatic heterocycles. The summed E-state index contributed by atoms with van der Waals surface area (Å²) >= 11 is 0. The van der Waals surface area contributed by atoms with Gasteiger partial charge in [0.25, 0.3) is 0 Å². The zero-order valence-electron chi connectivity index (χ0n) is 13.1. The molecule has 0 fully saturated rings. The fourth-order valence-electron chi connectivity index (χ4n) is 1.93. The van der Waals surface area contributed by atoms with E-state index in [9.17, 15) is 4.79 Å². The van der Waals surface area contributed by atoms with Gasteiger partial charge < -0.3 is 9.47 Å². The first-order chi connectivity index (χ1) is 9.20. The van der Waals surface area contributed by atoms with E-state index in [0.29, 0.717) is 13.0 Å². The molecule has 0 aromatic rings. The van der Waals surface area contributed by atoms with Crippen LogP contribution in [-0.4, -0.2) is 25.3 Å². The Bertz CT molecular complexity index is 204. The van der Waals surface area contributed by atoms with Crippen molar-refractivity contribution in [1.82, 2.24) is 0 Å². The number of carbonyl (C=O) groups is 1. The molecule has 0 heterocycles. The number of hydrogen-bond donors (Lipinski definition) is 0. The van der Waals surface area contributed by atoms with Crippen LogP contribution in [0, 0.1) is 0 Å². The predicted octanol–water partition coefficient (Wildman–Crippen LogP) is 4.49. The lowest BCUT2D eigenvalue weighted by Crippen LogP contribution is -2.20. The molecule has 19 heavy (non-hydrogen) atoms. The molecule has 0 aromatic carbocycles. The maximum Gasteiger partial charge on any atom is 0.305 e. The third-order valence-corrected chi connectivity index (χ3v) is 3.12. The van der Waals surface area contributed by atoms with Gasteiger partial charge in [-0.15, -0.1) is 0 Å². The van der Waals surface area contributed by atoms with Crippen molar-refractivity contribution in [1.29, 1.82) is 0 Å². The van der Waals surface area contributed by atoms with E-state index in [2.05, 4.69) is 6.92 Å². The van der Waals surface area contributed by atoms with Gasteiger partial charge in [0.2, 0.25) is 0 Å². The lowest BCUT2D eigenvalue weighted by atomic mass is 10.1. The average molecular weight is 272 g/mol. The second kappa shape index (κ2) is 13.9. The number of carbonyl (C=O) groups excluding carboxylic acids is 1. The van der Waals surface area contributed by atoms with Crippen LogP contribution in [0.4, 0.5) is 0 Å². The van der Waals surface area contributed by atoms with Crippen molar-refractivity contribution < 1.29 is 14.3 Å². The highest BCUT2D eigenvalue weighted by atomic mass is 16.6. The topological polar surface area (TPSA) is 35.5 Å². The molecule has 0 amide bonds. The average Bonchev–Trinajstić information content (AvgIpc) is 2.40. The van der Waals surface area contributed by atoms with Crippen LogP contribution in [0.25, 0.3) is 0 Å². The van der Waals surface area contributed by atoms with E-state index >= 15 is 0 Å². The number of esters is 1. The summed E-state index contributed by atoms with van der Waals surface area (Å²) in [6.45, 7) is 7.22. The highest BCUT2D eigenvalue weighted by Crippen LogP contribution is 2.08. The van der Waals surface area contributed by atoms with E-state index in [1.54, 1.807) is 6.92 Å². The predicted molar refractivity (Wildman–Crippen MR) is 79.3 cm³/mol. The molecule has 0 spiro atoms. The maximum atomic E-state index is 11.0. The summed E-state index contributed by atoms with van der Waals surface area (Å²) in [5.41, 5.74) is 0. The minimum absolute atomic E-state index is 0.124. The third-order valence-electron chi connectivity index (χ3n) is 3.12. The number of rotatable bonds is 13. The van der Waals surface area contributed by atoms with Gasteiger partial charge in [0.05, 0.1) is 6.61 Å². The first kappa shape index (κ1) is 18.4. The molecule has 114 valence electrons. The van der Waals surface area contributed by atoms with Gasteiger partial charge in [-0.1, -0.05) is 58.8 Å². The maximum absolute atomic E-state index is 11.0. The van der Waals surface area contributed by atoms with Gasteiger partial charge in [0.1, 0.15) is 6.10 Å². The standard InChI is InChI=1S/C16H32O3/c1-4-6-7-8-9-10-11-12-13-18-14-15(3)19-16(17)5-2/h15H,4-14H2,1-3H3. The molecular formula is C16H32O3. The fourth-order valence-corrected chi connectivity index (χ4v) is 1.93. The molecule has 0 bridgehead atoms. The van der Waals surface area contributed by atoms with E-state index < -0.39 is 0 Å². The molecule has 0 aliphatic heterocycles. The van der Waals surface area contributed by atoms with Crippen molar-refractivity contribution in [3.8, 4) is 0 Å².